The van der Waals surface area contributed by atoms with Gasteiger partial charge < -0.3 is 9.05 Å². The van der Waals surface area contributed by atoms with Gasteiger partial charge in [-0.05, 0) is 27.7 Å². The molecule has 0 bridgehead atoms. The average Bonchev–Trinajstić information content (AvgIpc) is 2.40. The van der Waals surface area contributed by atoms with E-state index < -0.39 is 7.60 Å². The van der Waals surface area contributed by atoms with Crippen molar-refractivity contribution in [2.75, 3.05) is 19.9 Å². The van der Waals surface area contributed by atoms with Gasteiger partial charge in [0.25, 0.3) is 0 Å². The molecule has 0 heterocycles. The lowest BCUT2D eigenvalue weighted by atomic mass is 9.95. The van der Waals surface area contributed by atoms with Gasteiger partial charge in [0.1, 0.15) is 0 Å². The molecule has 0 spiro atoms. The van der Waals surface area contributed by atoms with Gasteiger partial charge in [0.15, 0.2) is 0 Å². The molecule has 0 saturated carbocycles. The Morgan fingerprint density at radius 3 is 1.57 bits per heavy atom. The second kappa shape index (κ2) is 8.26. The molecule has 0 amide bonds. The van der Waals surface area contributed by atoms with E-state index in [1.807, 2.05) is 39.8 Å². The van der Waals surface area contributed by atoms with Crippen LogP contribution in [0, 0.1) is 35.5 Å². The normalized spacial score (nSPS) is 15.8. The first-order valence-electron chi connectivity index (χ1n) is 6.71. The molecule has 0 aliphatic carbocycles. The molecule has 0 radical (unpaired) electrons. The Labute approximate surface area is 129 Å². The molecule has 0 aliphatic rings. The summed E-state index contributed by atoms with van der Waals surface area (Å²) >= 11 is 0. The smallest absolute Gasteiger partial charge is 0.305 e. The molecule has 3 nitrogen and oxygen atoms in total. The quantitative estimate of drug-likeness (QED) is 0.381. The van der Waals surface area contributed by atoms with E-state index in [4.69, 9.17) is 21.9 Å². The second-order valence-corrected chi connectivity index (χ2v) is 7.96. The minimum absolute atomic E-state index is 0.193. The molecule has 0 fully saturated rings. The van der Waals surface area contributed by atoms with E-state index in [2.05, 4.69) is 11.8 Å². The highest BCUT2D eigenvalue weighted by Gasteiger charge is 2.16. The van der Waals surface area contributed by atoms with Crippen LogP contribution < -0.4 is 0 Å². The minimum Gasteiger partial charge on any atom is -0.305 e. The summed E-state index contributed by atoms with van der Waals surface area (Å²) in [5.74, 6) is 5.27. The zero-order valence-corrected chi connectivity index (χ0v) is 14.4. The predicted molar refractivity (Wildman–Crippen MR) is 88.9 cm³/mol. The lowest BCUT2D eigenvalue weighted by Gasteiger charge is -2.14. The van der Waals surface area contributed by atoms with Crippen molar-refractivity contribution in [3.63, 3.8) is 0 Å². The Balaban J connectivity index is 4.21. The predicted octanol–water partition coefficient (Wildman–Crippen LogP) is 4.27. The molecular formula is C17H25O3P. The molecule has 0 saturated heterocycles. The van der Waals surface area contributed by atoms with Crippen molar-refractivity contribution in [1.29, 1.82) is 0 Å². The van der Waals surface area contributed by atoms with Crippen molar-refractivity contribution >= 4 is 7.60 Å². The monoisotopic (exact) mass is 308 g/mol. The number of hydrogen-bond donors (Lipinski definition) is 0. The van der Waals surface area contributed by atoms with Gasteiger partial charge >= 0.3 is 7.60 Å². The minimum atomic E-state index is -3.08. The van der Waals surface area contributed by atoms with E-state index in [9.17, 15) is 4.57 Å². The first-order chi connectivity index (χ1) is 9.54. The largest absolute Gasteiger partial charge is 0.328 e. The van der Waals surface area contributed by atoms with Crippen LogP contribution in [0.15, 0.2) is 24.3 Å². The average molecular weight is 308 g/mol. The Morgan fingerprint density at radius 1 is 0.952 bits per heavy atom. The highest BCUT2D eigenvalue weighted by molar-refractivity contribution is 7.52. The summed E-state index contributed by atoms with van der Waals surface area (Å²) in [5, 5.41) is 0. The van der Waals surface area contributed by atoms with Crippen LogP contribution in [0.1, 0.15) is 27.7 Å². The van der Waals surface area contributed by atoms with Gasteiger partial charge in [-0.25, -0.2) is 0 Å². The third kappa shape index (κ3) is 10.2. The summed E-state index contributed by atoms with van der Waals surface area (Å²) in [6.45, 7) is 9.45. The summed E-state index contributed by atoms with van der Waals surface area (Å²) in [4.78, 5) is 0. The van der Waals surface area contributed by atoms with Crippen molar-refractivity contribution in [1.82, 2.24) is 0 Å². The van der Waals surface area contributed by atoms with Crippen molar-refractivity contribution in [2.45, 2.75) is 27.7 Å². The van der Waals surface area contributed by atoms with Crippen molar-refractivity contribution in [3.8, 4) is 24.7 Å². The molecule has 0 N–H and O–H groups in total. The maximum absolute atomic E-state index is 12.0. The van der Waals surface area contributed by atoms with Crippen molar-refractivity contribution < 1.29 is 13.6 Å². The number of rotatable bonds is 8. The first-order valence-corrected chi connectivity index (χ1v) is 8.70. The van der Waals surface area contributed by atoms with E-state index in [0.29, 0.717) is 0 Å². The van der Waals surface area contributed by atoms with Gasteiger partial charge in [0.2, 0.25) is 0 Å². The Morgan fingerprint density at radius 2 is 1.29 bits per heavy atom. The highest BCUT2D eigenvalue weighted by Crippen LogP contribution is 2.43. The topological polar surface area (TPSA) is 35.5 Å². The van der Waals surface area contributed by atoms with E-state index >= 15 is 0 Å². The van der Waals surface area contributed by atoms with Crippen LogP contribution >= 0.6 is 7.60 Å². The number of terminal acetylenes is 2. The van der Waals surface area contributed by atoms with Crippen LogP contribution in [-0.2, 0) is 13.6 Å². The van der Waals surface area contributed by atoms with Gasteiger partial charge in [-0.2, -0.15) is 0 Å². The first kappa shape index (κ1) is 19.8. The summed E-state index contributed by atoms with van der Waals surface area (Å²) in [6, 6.07) is 0. The molecule has 21 heavy (non-hydrogen) atoms. The summed E-state index contributed by atoms with van der Waals surface area (Å²) < 4.78 is 22.5. The molecule has 0 atom stereocenters. The Kier molecular flexibility index (Phi) is 7.76. The molecule has 0 aromatic heterocycles. The highest BCUT2D eigenvalue weighted by atomic mass is 31.2. The summed E-state index contributed by atoms with van der Waals surface area (Å²) in [7, 11) is -3.08. The molecule has 116 valence electrons. The van der Waals surface area contributed by atoms with Crippen LogP contribution in [-0.4, -0.2) is 19.9 Å². The maximum Gasteiger partial charge on any atom is 0.328 e. The third-order valence-electron chi connectivity index (χ3n) is 2.62. The maximum atomic E-state index is 12.0. The fourth-order valence-corrected chi connectivity index (χ4v) is 1.96. The fraction of sp³-hybridized carbons (Fsp3) is 0.529. The number of hydrogen-bond acceptors (Lipinski definition) is 3. The van der Waals surface area contributed by atoms with Crippen LogP contribution in [0.2, 0.25) is 0 Å². The SMILES string of the molecule is C#CC(C)(C)C=CCOP(C)(=O)OCC=CC(C)(C)C#C. The molecule has 0 aromatic rings. The van der Waals surface area contributed by atoms with Crippen molar-refractivity contribution in [2.24, 2.45) is 10.8 Å². The Hall–Kier alpha value is -1.25. The zero-order chi connectivity index (χ0) is 16.6. The van der Waals surface area contributed by atoms with E-state index in [1.165, 1.54) is 6.66 Å². The van der Waals surface area contributed by atoms with E-state index in [-0.39, 0.29) is 24.0 Å². The zero-order valence-electron chi connectivity index (χ0n) is 13.6. The standard InChI is InChI=1S/C17H25O3P/c1-8-16(3,4)12-10-14-19-21(7,18)20-15-11-13-17(5,6)9-2/h1-2,10-13H,14-15H2,3-7H3. The molecule has 0 unspecified atom stereocenters. The van der Waals surface area contributed by atoms with Gasteiger partial charge in [-0.1, -0.05) is 36.1 Å². The van der Waals surface area contributed by atoms with Crippen molar-refractivity contribution in [3.05, 3.63) is 24.3 Å². The van der Waals surface area contributed by atoms with Gasteiger partial charge in [0, 0.05) is 17.5 Å². The lowest BCUT2D eigenvalue weighted by Crippen LogP contribution is -2.04. The van der Waals surface area contributed by atoms with Gasteiger partial charge in [0.05, 0.1) is 13.2 Å². The van der Waals surface area contributed by atoms with Crippen LogP contribution in [0.4, 0.5) is 0 Å². The Bertz CT molecular complexity index is 469. The third-order valence-corrected chi connectivity index (χ3v) is 3.86. The van der Waals surface area contributed by atoms with E-state index in [1.54, 1.807) is 12.2 Å². The molecule has 0 aliphatic heterocycles. The van der Waals surface area contributed by atoms with Crippen LogP contribution in [0.5, 0.6) is 0 Å². The molecule has 0 rings (SSSR count). The molecule has 4 heteroatoms. The second-order valence-electron chi connectivity index (χ2n) is 5.90. The fourth-order valence-electron chi connectivity index (χ4n) is 1.18. The van der Waals surface area contributed by atoms with E-state index in [0.717, 1.165) is 0 Å². The van der Waals surface area contributed by atoms with Crippen LogP contribution in [0.3, 0.4) is 0 Å². The lowest BCUT2D eigenvalue weighted by molar-refractivity contribution is 0.241. The molecular weight excluding hydrogens is 283 g/mol. The van der Waals surface area contributed by atoms with Gasteiger partial charge in [-0.3, -0.25) is 4.57 Å². The molecule has 0 aromatic carbocycles. The summed E-state index contributed by atoms with van der Waals surface area (Å²) in [6.07, 6.45) is 17.9. The van der Waals surface area contributed by atoms with Gasteiger partial charge in [-0.15, -0.1) is 12.8 Å². The van der Waals surface area contributed by atoms with Crippen LogP contribution in [0.25, 0.3) is 0 Å². The number of allylic oxidation sites excluding steroid dienone is 2. The summed E-state index contributed by atoms with van der Waals surface area (Å²) in [5.41, 5.74) is -0.684.